The molecule has 9 nitrogen and oxygen atoms in total. The van der Waals surface area contributed by atoms with E-state index in [1.807, 2.05) is 0 Å². The Kier molecular flexibility index (Phi) is 10.6. The molecule has 0 aliphatic heterocycles. The Labute approximate surface area is 263 Å². The molecule has 1 amide bonds. The average Bonchev–Trinajstić information content (AvgIpc) is 2.89. The van der Waals surface area contributed by atoms with Crippen LogP contribution in [0.1, 0.15) is 29.8 Å². The van der Waals surface area contributed by atoms with E-state index in [1.54, 1.807) is 50.2 Å². The number of nitrogens with one attached hydrogen (secondary N) is 1. The summed E-state index contributed by atoms with van der Waals surface area (Å²) in [6.07, 6.45) is 0.450. The van der Waals surface area contributed by atoms with Crippen LogP contribution >= 0.6 is 23.2 Å². The van der Waals surface area contributed by atoms with Crippen LogP contribution < -0.4 is 44.7 Å². The van der Waals surface area contributed by atoms with Gasteiger partial charge in [0, 0.05) is 22.7 Å². The van der Waals surface area contributed by atoms with Gasteiger partial charge in [-0.2, -0.15) is 13.5 Å². The van der Waals surface area contributed by atoms with E-state index >= 15 is 0 Å². The van der Waals surface area contributed by atoms with Gasteiger partial charge in [-0.15, -0.1) is 5.11 Å². The summed E-state index contributed by atoms with van der Waals surface area (Å²) in [4.78, 5) is 12.6. The van der Waals surface area contributed by atoms with Gasteiger partial charge < -0.3 is 15.2 Å². The summed E-state index contributed by atoms with van der Waals surface area (Å²) in [5.74, 6) is -1.09. The Morgan fingerprint density at radius 1 is 1.00 bits per heavy atom. The first kappa shape index (κ1) is 31.8. The zero-order valence-corrected chi connectivity index (χ0v) is 26.1. The summed E-state index contributed by atoms with van der Waals surface area (Å²) in [6.45, 7) is 3.95. The number of fused-ring (bicyclic) bond motifs is 1. The number of benzene rings is 4. The molecule has 4 rings (SSSR count). The summed E-state index contributed by atoms with van der Waals surface area (Å²) >= 11 is 12.4. The maximum atomic E-state index is 13.5. The first-order chi connectivity index (χ1) is 18.5. The Bertz CT molecular complexity index is 1730. The average molecular weight is 610 g/mol. The molecule has 40 heavy (non-hydrogen) atoms. The SMILES string of the molecule is CCOc1cc(NC(=O)c2cc3ccccc3c(N=Nc3c(Cl)cc(CC)cc3S(=O)(=O)O)c2[O-])ccc1Cl.[Na+]. The van der Waals surface area contributed by atoms with Crippen LogP contribution in [0.5, 0.6) is 11.5 Å². The number of halogens is 2. The molecule has 202 valence electrons. The van der Waals surface area contributed by atoms with E-state index in [1.165, 1.54) is 24.3 Å². The number of ether oxygens (including phenoxy) is 1. The Morgan fingerprint density at radius 2 is 1.70 bits per heavy atom. The standard InChI is InChI=1S/C27H23Cl2N3O6S.Na/c1-3-15-11-21(29)25(23(12-15)39(35,36)37)32-31-24-18-8-6-5-7-16(18)13-19(26(24)33)27(34)30-17-9-10-20(28)22(14-17)38-4-2;/h5-14,33H,3-4H2,1-2H3,(H,30,34)(H,35,36,37);/q;+1/p-1. The number of carbonyl (C=O) groups is 1. The van der Waals surface area contributed by atoms with Crippen molar-refractivity contribution in [3.8, 4) is 11.5 Å². The molecule has 0 heterocycles. The van der Waals surface area contributed by atoms with Gasteiger partial charge in [-0.1, -0.05) is 60.1 Å². The molecule has 0 spiro atoms. The molecule has 0 aromatic heterocycles. The maximum Gasteiger partial charge on any atom is 1.00 e. The summed E-state index contributed by atoms with van der Waals surface area (Å²) in [5, 5.41) is 25.3. The van der Waals surface area contributed by atoms with Crippen molar-refractivity contribution in [1.82, 2.24) is 0 Å². The summed E-state index contributed by atoms with van der Waals surface area (Å²) in [6, 6.07) is 15.5. The molecule has 4 aromatic carbocycles. The predicted molar refractivity (Wildman–Crippen MR) is 149 cm³/mol. The second kappa shape index (κ2) is 13.3. The Hall–Kier alpha value is -2.70. The summed E-state index contributed by atoms with van der Waals surface area (Å²) < 4.78 is 39.3. The first-order valence-electron chi connectivity index (χ1n) is 11.7. The molecule has 2 N–H and O–H groups in total. The van der Waals surface area contributed by atoms with E-state index in [-0.39, 0.29) is 51.5 Å². The Morgan fingerprint density at radius 3 is 2.38 bits per heavy atom. The number of nitrogens with zero attached hydrogens (tertiary/aromatic N) is 2. The van der Waals surface area contributed by atoms with Crippen molar-refractivity contribution in [2.75, 3.05) is 11.9 Å². The van der Waals surface area contributed by atoms with Crippen LogP contribution in [0.4, 0.5) is 17.1 Å². The molecule has 0 unspecified atom stereocenters. The molecule has 4 aromatic rings. The largest absolute Gasteiger partial charge is 1.00 e. The summed E-state index contributed by atoms with van der Waals surface area (Å²) in [5.41, 5.74) is 0.137. The van der Waals surface area contributed by atoms with Crippen LogP contribution in [0, 0.1) is 0 Å². The van der Waals surface area contributed by atoms with Crippen molar-refractivity contribution in [2.24, 2.45) is 10.2 Å². The van der Waals surface area contributed by atoms with Crippen LogP contribution in [0.3, 0.4) is 0 Å². The smallest absolute Gasteiger partial charge is 0.870 e. The van der Waals surface area contributed by atoms with Crippen molar-refractivity contribution in [1.29, 1.82) is 0 Å². The fourth-order valence-corrected chi connectivity index (χ4v) is 5.05. The van der Waals surface area contributed by atoms with Gasteiger partial charge in [0.1, 0.15) is 16.3 Å². The fourth-order valence-electron chi connectivity index (χ4n) is 3.85. The topological polar surface area (TPSA) is 140 Å². The van der Waals surface area contributed by atoms with Crippen molar-refractivity contribution in [3.05, 3.63) is 81.8 Å². The second-order valence-electron chi connectivity index (χ2n) is 8.31. The Balaban J connectivity index is 0.00000441. The van der Waals surface area contributed by atoms with E-state index < -0.39 is 26.7 Å². The minimum Gasteiger partial charge on any atom is -0.870 e. The number of rotatable bonds is 8. The van der Waals surface area contributed by atoms with Crippen LogP contribution in [-0.2, 0) is 16.5 Å². The molecular formula is C27H22Cl2N3NaO6S. The van der Waals surface area contributed by atoms with E-state index in [0.29, 0.717) is 45.8 Å². The van der Waals surface area contributed by atoms with Crippen molar-refractivity contribution < 1.29 is 57.2 Å². The number of hydrogen-bond acceptors (Lipinski definition) is 7. The predicted octanol–water partition coefficient (Wildman–Crippen LogP) is 4.10. The van der Waals surface area contributed by atoms with Crippen molar-refractivity contribution in [3.63, 3.8) is 0 Å². The van der Waals surface area contributed by atoms with Gasteiger partial charge in [0.15, 0.2) is 0 Å². The molecule has 0 saturated heterocycles. The number of amides is 1. The molecule has 0 atom stereocenters. The van der Waals surface area contributed by atoms with Crippen molar-refractivity contribution >= 4 is 67.1 Å². The number of azo groups is 1. The third-order valence-corrected chi connectivity index (χ3v) is 7.20. The van der Waals surface area contributed by atoms with Crippen molar-refractivity contribution in [2.45, 2.75) is 25.2 Å². The van der Waals surface area contributed by atoms with E-state index in [9.17, 15) is 22.9 Å². The maximum absolute atomic E-state index is 13.5. The summed E-state index contributed by atoms with van der Waals surface area (Å²) in [7, 11) is -4.71. The third kappa shape index (κ3) is 6.95. The molecule has 0 radical (unpaired) electrons. The number of hydrogen-bond donors (Lipinski definition) is 2. The number of aryl methyl sites for hydroxylation is 1. The van der Waals surface area contributed by atoms with Crippen LogP contribution in [-0.4, -0.2) is 25.5 Å². The van der Waals surface area contributed by atoms with Gasteiger partial charge in [0.25, 0.3) is 16.0 Å². The molecule has 0 saturated carbocycles. The van der Waals surface area contributed by atoms with Crippen LogP contribution in [0.2, 0.25) is 10.0 Å². The zero-order valence-electron chi connectivity index (χ0n) is 21.7. The molecular weight excluding hydrogens is 588 g/mol. The van der Waals surface area contributed by atoms with E-state index in [0.717, 1.165) is 0 Å². The van der Waals surface area contributed by atoms with E-state index in [2.05, 4.69) is 15.5 Å². The van der Waals surface area contributed by atoms with E-state index in [4.69, 9.17) is 27.9 Å². The first-order valence-corrected chi connectivity index (χ1v) is 13.9. The number of anilines is 1. The monoisotopic (exact) mass is 609 g/mol. The molecule has 13 heteroatoms. The second-order valence-corrected chi connectivity index (χ2v) is 10.5. The molecule has 0 aliphatic carbocycles. The normalized spacial score (nSPS) is 11.4. The fraction of sp³-hybridized carbons (Fsp3) is 0.148. The molecule has 0 fully saturated rings. The molecule has 0 bridgehead atoms. The molecule has 0 aliphatic rings. The third-order valence-electron chi connectivity index (χ3n) is 5.73. The van der Waals surface area contributed by atoms with Crippen LogP contribution in [0.25, 0.3) is 10.8 Å². The quantitative estimate of drug-likeness (QED) is 0.175. The van der Waals surface area contributed by atoms with Gasteiger partial charge in [-0.25, -0.2) is 0 Å². The van der Waals surface area contributed by atoms with Gasteiger partial charge in [-0.3, -0.25) is 9.35 Å². The van der Waals surface area contributed by atoms with Gasteiger partial charge in [-0.05, 0) is 54.6 Å². The number of carbonyl (C=O) groups excluding carboxylic acids is 1. The van der Waals surface area contributed by atoms with Crippen LogP contribution in [0.15, 0.2) is 75.8 Å². The minimum atomic E-state index is -4.71. The van der Waals surface area contributed by atoms with Gasteiger partial charge in [0.2, 0.25) is 0 Å². The van der Waals surface area contributed by atoms with Gasteiger partial charge in [0.05, 0.1) is 22.3 Å². The van der Waals surface area contributed by atoms with Gasteiger partial charge >= 0.3 is 29.6 Å². The zero-order chi connectivity index (χ0) is 28.3. The minimum absolute atomic E-state index is 0.